The van der Waals surface area contributed by atoms with E-state index in [1.165, 1.54) is 16.8 Å². The molecule has 0 bridgehead atoms. The van der Waals surface area contributed by atoms with Gasteiger partial charge in [-0.05, 0) is 37.1 Å². The summed E-state index contributed by atoms with van der Waals surface area (Å²) < 4.78 is 12.3. The maximum atomic E-state index is 11.9. The zero-order valence-corrected chi connectivity index (χ0v) is 13.4. The van der Waals surface area contributed by atoms with Crippen LogP contribution in [-0.4, -0.2) is 28.2 Å². The van der Waals surface area contributed by atoms with E-state index in [4.69, 9.17) is 21.1 Å². The van der Waals surface area contributed by atoms with Gasteiger partial charge in [0.1, 0.15) is 12.8 Å². The minimum atomic E-state index is -0.522. The van der Waals surface area contributed by atoms with Crippen LogP contribution in [0.3, 0.4) is 0 Å². The number of nitrogens with one attached hydrogen (secondary N) is 1. The van der Waals surface area contributed by atoms with Crippen LogP contribution < -0.4 is 11.2 Å². The molecule has 0 amide bonds. The Morgan fingerprint density at radius 1 is 1.25 bits per heavy atom. The lowest BCUT2D eigenvalue weighted by Crippen LogP contribution is -2.31. The minimum absolute atomic E-state index is 0.0933. The van der Waals surface area contributed by atoms with Crippen molar-refractivity contribution in [2.45, 2.75) is 25.2 Å². The quantitative estimate of drug-likeness (QED) is 0.848. The Morgan fingerprint density at radius 2 is 2.00 bits per heavy atom. The van der Waals surface area contributed by atoms with Gasteiger partial charge in [0, 0.05) is 17.3 Å². The Bertz CT molecular complexity index is 843. The molecule has 1 fully saturated rings. The number of nitrogens with zero attached hydrogens (tertiary/aromatic N) is 1. The van der Waals surface area contributed by atoms with Crippen LogP contribution in [0.1, 0.15) is 29.4 Å². The summed E-state index contributed by atoms with van der Waals surface area (Å²) in [7, 11) is 0. The fourth-order valence-electron chi connectivity index (χ4n) is 2.51. The Balaban J connectivity index is 1.56. The number of halogens is 1. The molecule has 2 heterocycles. The van der Waals surface area contributed by atoms with Gasteiger partial charge in [0.2, 0.25) is 0 Å². The number of ether oxygens (including phenoxy) is 2. The number of carbonyl (C=O) groups excluding carboxylic acids is 1. The fourth-order valence-corrected chi connectivity index (χ4v) is 2.63. The first-order valence-electron chi connectivity index (χ1n) is 7.42. The molecule has 1 aliphatic rings. The van der Waals surface area contributed by atoms with Gasteiger partial charge in [-0.15, -0.1) is 0 Å². The van der Waals surface area contributed by atoms with Crippen LogP contribution in [0.15, 0.2) is 46.1 Å². The molecule has 1 saturated heterocycles. The molecular formula is C16H15ClN2O5. The van der Waals surface area contributed by atoms with E-state index >= 15 is 0 Å². The van der Waals surface area contributed by atoms with Gasteiger partial charge in [-0.25, -0.2) is 9.59 Å². The molecule has 8 heteroatoms. The smallest absolute Gasteiger partial charge is 0.338 e. The van der Waals surface area contributed by atoms with Crippen molar-refractivity contribution in [1.29, 1.82) is 0 Å². The number of hydrogen-bond donors (Lipinski definition) is 1. The van der Waals surface area contributed by atoms with Crippen molar-refractivity contribution in [3.63, 3.8) is 0 Å². The molecule has 1 aromatic carbocycles. The lowest BCUT2D eigenvalue weighted by molar-refractivity contribution is -0.0340. The molecule has 1 N–H and O–H groups in total. The maximum absolute atomic E-state index is 11.9. The number of aromatic nitrogens is 2. The van der Waals surface area contributed by atoms with Crippen molar-refractivity contribution in [2.75, 3.05) is 6.61 Å². The first-order chi connectivity index (χ1) is 11.5. The molecule has 126 valence electrons. The highest BCUT2D eigenvalue weighted by molar-refractivity contribution is 6.30. The van der Waals surface area contributed by atoms with Crippen LogP contribution in [0.2, 0.25) is 5.02 Å². The van der Waals surface area contributed by atoms with Crippen LogP contribution in [0.5, 0.6) is 0 Å². The molecule has 2 atom stereocenters. The van der Waals surface area contributed by atoms with Gasteiger partial charge in [0.15, 0.2) is 0 Å². The highest BCUT2D eigenvalue weighted by Crippen LogP contribution is 2.27. The van der Waals surface area contributed by atoms with Gasteiger partial charge in [0.25, 0.3) is 5.56 Å². The van der Waals surface area contributed by atoms with Crippen molar-refractivity contribution in [3.8, 4) is 0 Å². The SMILES string of the molecule is O=C(OC[C@@H]1CC[C@H](n2ccc(=O)[nH]c2=O)O1)c1ccc(Cl)cc1. The summed E-state index contributed by atoms with van der Waals surface area (Å²) in [5.41, 5.74) is -0.570. The van der Waals surface area contributed by atoms with Gasteiger partial charge in [-0.2, -0.15) is 0 Å². The minimum Gasteiger partial charge on any atom is -0.459 e. The third-order valence-electron chi connectivity index (χ3n) is 3.73. The van der Waals surface area contributed by atoms with Gasteiger partial charge >= 0.3 is 11.7 Å². The van der Waals surface area contributed by atoms with Gasteiger partial charge in [0.05, 0.1) is 11.7 Å². The molecule has 0 unspecified atom stereocenters. The van der Waals surface area contributed by atoms with Crippen LogP contribution in [-0.2, 0) is 9.47 Å². The van der Waals surface area contributed by atoms with E-state index in [0.717, 1.165) is 0 Å². The summed E-state index contributed by atoms with van der Waals surface area (Å²) in [6.07, 6.45) is 1.85. The van der Waals surface area contributed by atoms with Gasteiger partial charge in [-0.3, -0.25) is 14.3 Å². The molecule has 0 aliphatic carbocycles. The molecule has 1 aromatic heterocycles. The first-order valence-corrected chi connectivity index (χ1v) is 7.80. The van der Waals surface area contributed by atoms with E-state index in [-0.39, 0.29) is 12.7 Å². The number of aromatic amines is 1. The Hall–Kier alpha value is -2.38. The second kappa shape index (κ2) is 7.02. The zero-order valence-electron chi connectivity index (χ0n) is 12.6. The Kier molecular flexibility index (Phi) is 4.82. The van der Waals surface area contributed by atoms with E-state index in [1.54, 1.807) is 24.3 Å². The number of esters is 1. The van der Waals surface area contributed by atoms with Crippen LogP contribution >= 0.6 is 11.6 Å². The predicted octanol–water partition coefficient (Wildman–Crippen LogP) is 1.72. The highest BCUT2D eigenvalue weighted by Gasteiger charge is 2.28. The molecule has 3 rings (SSSR count). The molecule has 2 aromatic rings. The fraction of sp³-hybridized carbons (Fsp3) is 0.312. The summed E-state index contributed by atoms with van der Waals surface area (Å²) in [4.78, 5) is 36.9. The van der Waals surface area contributed by atoms with E-state index in [2.05, 4.69) is 4.98 Å². The number of H-pyrrole nitrogens is 1. The second-order valence-electron chi connectivity index (χ2n) is 5.41. The normalized spacial score (nSPS) is 20.0. The number of rotatable bonds is 4. The standard InChI is InChI=1S/C16H15ClN2O5/c17-11-3-1-10(2-4-11)15(21)23-9-12-5-6-14(24-12)19-8-7-13(20)18-16(19)22/h1-4,7-8,12,14H,5-6,9H2,(H,18,20,22)/t12-,14+/m0/s1. The van der Waals surface area contributed by atoms with Gasteiger partial charge < -0.3 is 9.47 Å². The molecule has 0 radical (unpaired) electrons. The topological polar surface area (TPSA) is 90.4 Å². The van der Waals surface area contributed by atoms with Gasteiger partial charge in [-0.1, -0.05) is 11.6 Å². The summed E-state index contributed by atoms with van der Waals surface area (Å²) in [6.45, 7) is 0.0933. The van der Waals surface area contributed by atoms with Crippen molar-refractivity contribution in [2.24, 2.45) is 0 Å². The molecule has 0 spiro atoms. The monoisotopic (exact) mass is 350 g/mol. The van der Waals surface area contributed by atoms with E-state index in [0.29, 0.717) is 23.4 Å². The summed E-state index contributed by atoms with van der Waals surface area (Å²) in [5, 5.41) is 0.542. The summed E-state index contributed by atoms with van der Waals surface area (Å²) in [5.74, 6) is -0.458. The average molecular weight is 351 g/mol. The molecule has 1 aliphatic heterocycles. The largest absolute Gasteiger partial charge is 0.459 e. The number of benzene rings is 1. The van der Waals surface area contributed by atoms with Crippen LogP contribution in [0, 0.1) is 0 Å². The summed E-state index contributed by atoms with van der Waals surface area (Å²) in [6, 6.07) is 7.66. The highest BCUT2D eigenvalue weighted by atomic mass is 35.5. The molecular weight excluding hydrogens is 336 g/mol. The van der Waals surface area contributed by atoms with Crippen molar-refractivity contribution < 1.29 is 14.3 Å². The lowest BCUT2D eigenvalue weighted by Gasteiger charge is -2.15. The van der Waals surface area contributed by atoms with Crippen LogP contribution in [0.25, 0.3) is 0 Å². The van der Waals surface area contributed by atoms with E-state index in [9.17, 15) is 14.4 Å². The number of carbonyl (C=O) groups is 1. The average Bonchev–Trinajstić information content (AvgIpc) is 3.02. The predicted molar refractivity (Wildman–Crippen MR) is 86.2 cm³/mol. The third-order valence-corrected chi connectivity index (χ3v) is 3.98. The number of hydrogen-bond acceptors (Lipinski definition) is 5. The second-order valence-corrected chi connectivity index (χ2v) is 5.85. The molecule has 24 heavy (non-hydrogen) atoms. The molecule has 7 nitrogen and oxygen atoms in total. The van der Waals surface area contributed by atoms with Crippen molar-refractivity contribution >= 4 is 17.6 Å². The zero-order chi connectivity index (χ0) is 17.1. The third kappa shape index (κ3) is 3.74. The molecule has 0 saturated carbocycles. The van der Waals surface area contributed by atoms with Crippen LogP contribution in [0.4, 0.5) is 0 Å². The van der Waals surface area contributed by atoms with Crippen molar-refractivity contribution in [3.05, 3.63) is 68.0 Å². The van der Waals surface area contributed by atoms with Crippen molar-refractivity contribution in [1.82, 2.24) is 9.55 Å². The summed E-state index contributed by atoms with van der Waals surface area (Å²) >= 11 is 5.77. The Labute approximate surface area is 141 Å². The van der Waals surface area contributed by atoms with E-state index < -0.39 is 23.4 Å². The lowest BCUT2D eigenvalue weighted by atomic mass is 10.2. The van der Waals surface area contributed by atoms with E-state index in [1.807, 2.05) is 0 Å². The Morgan fingerprint density at radius 3 is 2.71 bits per heavy atom. The maximum Gasteiger partial charge on any atom is 0.338 e. The first kappa shape index (κ1) is 16.5.